The van der Waals surface area contributed by atoms with Crippen LogP contribution in [0.4, 0.5) is 0 Å². The molecule has 5 rings (SSSR count). The lowest BCUT2D eigenvalue weighted by Gasteiger charge is -2.28. The number of sulfonamides is 1. The summed E-state index contributed by atoms with van der Waals surface area (Å²) in [4.78, 5) is 4.67. The standard InChI is InChI=1S/C25H28N2O4S/c28-32(29,24-9-3-5-20-6-4-15-26-25(20)24)27(21-7-1-2-8-21)17-19-10-12-22(13-11-19)31-23-14-16-30-18-23/h3-6,9-13,15,21,23H,1-2,7-8,14,16-18H2. The van der Waals surface area contributed by atoms with Gasteiger partial charge in [-0.05, 0) is 42.7 Å². The van der Waals surface area contributed by atoms with Crippen LogP contribution in [0.15, 0.2) is 65.7 Å². The molecule has 2 heterocycles. The smallest absolute Gasteiger partial charge is 0.245 e. The molecule has 0 bridgehead atoms. The number of rotatable bonds is 7. The fourth-order valence-electron chi connectivity index (χ4n) is 4.66. The average molecular weight is 453 g/mol. The maximum absolute atomic E-state index is 13.9. The minimum atomic E-state index is -3.71. The summed E-state index contributed by atoms with van der Waals surface area (Å²) in [6.07, 6.45) is 6.53. The zero-order valence-corrected chi connectivity index (χ0v) is 18.8. The van der Waals surface area contributed by atoms with Crippen molar-refractivity contribution in [3.63, 3.8) is 0 Å². The van der Waals surface area contributed by atoms with Crippen molar-refractivity contribution in [2.75, 3.05) is 13.2 Å². The quantitative estimate of drug-likeness (QED) is 0.527. The van der Waals surface area contributed by atoms with E-state index >= 15 is 0 Å². The van der Waals surface area contributed by atoms with E-state index in [9.17, 15) is 8.42 Å². The molecule has 1 aromatic heterocycles. The predicted molar refractivity (Wildman–Crippen MR) is 123 cm³/mol. The van der Waals surface area contributed by atoms with Crippen LogP contribution in [-0.4, -0.2) is 43.1 Å². The first-order chi connectivity index (χ1) is 15.6. The molecule has 2 aliphatic rings. The molecule has 1 atom stereocenters. The van der Waals surface area contributed by atoms with Gasteiger partial charge in [0.15, 0.2) is 0 Å². The SMILES string of the molecule is O=S(=O)(c1cccc2cccnc12)N(Cc1ccc(OC2CCOC2)cc1)C1CCCC1. The lowest BCUT2D eigenvalue weighted by atomic mass is 10.2. The third-order valence-electron chi connectivity index (χ3n) is 6.37. The van der Waals surface area contributed by atoms with Gasteiger partial charge in [0, 0.05) is 30.6 Å². The zero-order chi connectivity index (χ0) is 22.0. The Labute approximate surface area is 189 Å². The van der Waals surface area contributed by atoms with Crippen molar-refractivity contribution in [2.45, 2.75) is 55.7 Å². The number of ether oxygens (including phenoxy) is 2. The molecule has 1 saturated heterocycles. The molecule has 0 spiro atoms. The monoisotopic (exact) mass is 452 g/mol. The zero-order valence-electron chi connectivity index (χ0n) is 18.0. The second-order valence-electron chi connectivity index (χ2n) is 8.57. The van der Waals surface area contributed by atoms with E-state index in [4.69, 9.17) is 9.47 Å². The van der Waals surface area contributed by atoms with Crippen LogP contribution in [0.5, 0.6) is 5.75 Å². The van der Waals surface area contributed by atoms with Gasteiger partial charge in [-0.15, -0.1) is 0 Å². The van der Waals surface area contributed by atoms with Gasteiger partial charge >= 0.3 is 0 Å². The Morgan fingerprint density at radius 3 is 2.53 bits per heavy atom. The first-order valence-electron chi connectivity index (χ1n) is 11.3. The van der Waals surface area contributed by atoms with Crippen molar-refractivity contribution >= 4 is 20.9 Å². The van der Waals surface area contributed by atoms with Crippen LogP contribution in [0.3, 0.4) is 0 Å². The van der Waals surface area contributed by atoms with E-state index in [2.05, 4.69) is 4.98 Å². The summed E-state index contributed by atoms with van der Waals surface area (Å²) in [5.41, 5.74) is 1.48. The maximum atomic E-state index is 13.9. The van der Waals surface area contributed by atoms with Gasteiger partial charge in [-0.25, -0.2) is 8.42 Å². The van der Waals surface area contributed by atoms with Gasteiger partial charge in [-0.2, -0.15) is 4.31 Å². The molecule has 6 nitrogen and oxygen atoms in total. The summed E-state index contributed by atoms with van der Waals surface area (Å²) in [6, 6.07) is 16.9. The van der Waals surface area contributed by atoms with Crippen LogP contribution in [0.25, 0.3) is 10.9 Å². The Balaban J connectivity index is 1.43. The molecule has 1 aliphatic carbocycles. The Bertz CT molecular complexity index is 1160. The third kappa shape index (κ3) is 4.37. The molecule has 32 heavy (non-hydrogen) atoms. The van der Waals surface area contributed by atoms with Crippen LogP contribution in [0.1, 0.15) is 37.7 Å². The number of pyridine rings is 1. The summed E-state index contributed by atoms with van der Waals surface area (Å²) in [6.45, 7) is 1.69. The van der Waals surface area contributed by atoms with Crippen LogP contribution in [-0.2, 0) is 21.3 Å². The van der Waals surface area contributed by atoms with Crippen molar-refractivity contribution in [3.05, 3.63) is 66.4 Å². The van der Waals surface area contributed by atoms with Crippen LogP contribution < -0.4 is 4.74 Å². The van der Waals surface area contributed by atoms with Gasteiger partial charge < -0.3 is 9.47 Å². The topological polar surface area (TPSA) is 68.7 Å². The molecule has 0 amide bonds. The van der Waals surface area contributed by atoms with Crippen molar-refractivity contribution < 1.29 is 17.9 Å². The van der Waals surface area contributed by atoms with Crippen molar-refractivity contribution in [2.24, 2.45) is 0 Å². The Morgan fingerprint density at radius 2 is 1.78 bits per heavy atom. The second kappa shape index (κ2) is 9.17. The fourth-order valence-corrected chi connectivity index (χ4v) is 6.51. The number of benzene rings is 2. The molecular weight excluding hydrogens is 424 g/mol. The van der Waals surface area contributed by atoms with E-state index in [0.29, 0.717) is 18.7 Å². The third-order valence-corrected chi connectivity index (χ3v) is 8.30. The van der Waals surface area contributed by atoms with E-state index in [1.807, 2.05) is 42.5 Å². The minimum absolute atomic E-state index is 0.00512. The molecule has 0 radical (unpaired) electrons. The molecule has 1 saturated carbocycles. The molecule has 3 aromatic rings. The van der Waals surface area contributed by atoms with E-state index in [1.54, 1.807) is 22.6 Å². The van der Waals surface area contributed by atoms with E-state index in [1.165, 1.54) is 0 Å². The van der Waals surface area contributed by atoms with Gasteiger partial charge in [0.2, 0.25) is 10.0 Å². The van der Waals surface area contributed by atoms with Crippen molar-refractivity contribution in [3.8, 4) is 5.75 Å². The molecule has 2 aromatic carbocycles. The predicted octanol–water partition coefficient (Wildman–Crippen LogP) is 4.54. The van der Waals surface area contributed by atoms with Crippen molar-refractivity contribution in [1.82, 2.24) is 9.29 Å². The number of hydrogen-bond acceptors (Lipinski definition) is 5. The molecular formula is C25H28N2O4S. The number of hydrogen-bond donors (Lipinski definition) is 0. The highest BCUT2D eigenvalue weighted by atomic mass is 32.2. The Hall–Kier alpha value is -2.48. The lowest BCUT2D eigenvalue weighted by molar-refractivity contribution is 0.141. The van der Waals surface area contributed by atoms with Crippen LogP contribution in [0.2, 0.25) is 0 Å². The van der Waals surface area contributed by atoms with E-state index in [0.717, 1.165) is 55.4 Å². The second-order valence-corrected chi connectivity index (χ2v) is 10.4. The highest BCUT2D eigenvalue weighted by Gasteiger charge is 2.34. The average Bonchev–Trinajstić information content (AvgIpc) is 3.52. The maximum Gasteiger partial charge on any atom is 0.245 e. The first kappa shape index (κ1) is 21.4. The number of aromatic nitrogens is 1. The van der Waals surface area contributed by atoms with E-state index in [-0.39, 0.29) is 17.0 Å². The molecule has 2 fully saturated rings. The lowest BCUT2D eigenvalue weighted by Crippen LogP contribution is -2.38. The van der Waals surface area contributed by atoms with Gasteiger partial charge in [0.05, 0.1) is 18.7 Å². The summed E-state index contributed by atoms with van der Waals surface area (Å²) < 4.78 is 40.8. The van der Waals surface area contributed by atoms with Crippen LogP contribution >= 0.6 is 0 Å². The highest BCUT2D eigenvalue weighted by molar-refractivity contribution is 7.89. The summed E-state index contributed by atoms with van der Waals surface area (Å²) in [5.74, 6) is 0.790. The summed E-state index contributed by atoms with van der Waals surface area (Å²) in [5, 5.41) is 0.831. The number of fused-ring (bicyclic) bond motifs is 1. The molecule has 0 N–H and O–H groups in total. The molecule has 168 valence electrons. The first-order valence-corrected chi connectivity index (χ1v) is 12.7. The summed E-state index contributed by atoms with van der Waals surface area (Å²) in [7, 11) is -3.71. The number of nitrogens with zero attached hydrogens (tertiary/aromatic N) is 2. The number of para-hydroxylation sites is 1. The largest absolute Gasteiger partial charge is 0.488 e. The summed E-state index contributed by atoms with van der Waals surface area (Å²) >= 11 is 0. The molecule has 1 unspecified atom stereocenters. The minimum Gasteiger partial charge on any atom is -0.488 e. The van der Waals surface area contributed by atoms with Gasteiger partial charge in [-0.1, -0.05) is 43.2 Å². The van der Waals surface area contributed by atoms with E-state index < -0.39 is 10.0 Å². The molecule has 1 aliphatic heterocycles. The fraction of sp³-hybridized carbons (Fsp3) is 0.400. The van der Waals surface area contributed by atoms with Gasteiger partial charge in [0.1, 0.15) is 16.7 Å². The van der Waals surface area contributed by atoms with Gasteiger partial charge in [-0.3, -0.25) is 4.98 Å². The Morgan fingerprint density at radius 1 is 1.00 bits per heavy atom. The Kier molecular flexibility index (Phi) is 6.13. The normalized spacial score (nSPS) is 19.7. The highest BCUT2D eigenvalue weighted by Crippen LogP contribution is 2.33. The molecule has 7 heteroatoms. The van der Waals surface area contributed by atoms with Crippen LogP contribution in [0, 0.1) is 0 Å². The van der Waals surface area contributed by atoms with Crippen molar-refractivity contribution in [1.29, 1.82) is 0 Å². The van der Waals surface area contributed by atoms with Gasteiger partial charge in [0.25, 0.3) is 0 Å².